The fourth-order valence-electron chi connectivity index (χ4n) is 7.88. The summed E-state index contributed by atoms with van der Waals surface area (Å²) in [6.45, 7) is 4.91. The Balaban J connectivity index is 1.21. The van der Waals surface area contributed by atoms with Crippen LogP contribution in [-0.2, 0) is 0 Å². The summed E-state index contributed by atoms with van der Waals surface area (Å²) in [5.74, 6) is 0. The molecule has 4 aliphatic rings. The normalized spacial score (nSPS) is 16.8. The van der Waals surface area contributed by atoms with Gasteiger partial charge < -0.3 is 14.7 Å². The lowest BCUT2D eigenvalue weighted by Crippen LogP contribution is -2.58. The molecule has 0 atom stereocenters. The van der Waals surface area contributed by atoms with Gasteiger partial charge in [0.2, 0.25) is 6.71 Å². The van der Waals surface area contributed by atoms with E-state index in [0.717, 1.165) is 0 Å². The Morgan fingerprint density at radius 3 is 1.37 bits per heavy atom. The molecule has 0 saturated carbocycles. The monoisotopic (exact) mass is 635 g/mol. The molecule has 0 N–H and O–H groups in total. The zero-order valence-electron chi connectivity index (χ0n) is 26.2. The molecule has 0 amide bonds. The summed E-state index contributed by atoms with van der Waals surface area (Å²) >= 11 is 3.95. The molecule has 2 fully saturated rings. The molecule has 5 aromatic rings. The highest BCUT2D eigenvalue weighted by Crippen LogP contribution is 2.45. The fourth-order valence-corrected chi connectivity index (χ4v) is 10.4. The molecule has 4 aliphatic heterocycles. The molecule has 0 spiro atoms. The first-order valence-corrected chi connectivity index (χ1v) is 18.7. The maximum atomic E-state index is 2.60. The van der Waals surface area contributed by atoms with Crippen LogP contribution in [0.25, 0.3) is 0 Å². The average Bonchev–Trinajstić information content (AvgIpc) is 3.12. The smallest absolute Gasteiger partial charge is 0.247 e. The van der Waals surface area contributed by atoms with Gasteiger partial charge in [-0.05, 0) is 105 Å². The third-order valence-electron chi connectivity index (χ3n) is 10.2. The summed E-state index contributed by atoms with van der Waals surface area (Å²) in [5, 5.41) is 0. The molecule has 46 heavy (non-hydrogen) atoms. The molecule has 2 saturated heterocycles. The van der Waals surface area contributed by atoms with Gasteiger partial charge in [-0.25, -0.2) is 0 Å². The minimum atomic E-state index is 0.249. The van der Waals surface area contributed by atoms with Gasteiger partial charge in [-0.1, -0.05) is 83.0 Å². The van der Waals surface area contributed by atoms with Crippen LogP contribution >= 0.6 is 23.5 Å². The van der Waals surface area contributed by atoms with E-state index in [4.69, 9.17) is 0 Å². The molecule has 0 aromatic heterocycles. The summed E-state index contributed by atoms with van der Waals surface area (Å²) in [7, 11) is 0. The van der Waals surface area contributed by atoms with Crippen molar-refractivity contribution in [2.75, 3.05) is 40.9 Å². The van der Waals surface area contributed by atoms with Crippen LogP contribution in [0.5, 0.6) is 0 Å². The van der Waals surface area contributed by atoms with Crippen molar-refractivity contribution >= 4 is 75.1 Å². The summed E-state index contributed by atoms with van der Waals surface area (Å²) in [6.07, 6.45) is 7.87. The molecular weight excluding hydrogens is 597 g/mol. The van der Waals surface area contributed by atoms with Crippen molar-refractivity contribution in [2.45, 2.75) is 58.1 Å². The van der Waals surface area contributed by atoms with Crippen molar-refractivity contribution < 1.29 is 0 Å². The summed E-state index contributed by atoms with van der Waals surface area (Å²) < 4.78 is 0. The van der Waals surface area contributed by atoms with E-state index in [1.165, 1.54) is 129 Å². The van der Waals surface area contributed by atoms with E-state index in [2.05, 4.69) is 124 Å². The first kappa shape index (κ1) is 28.5. The molecular formula is C40H38BN3S2. The van der Waals surface area contributed by atoms with E-state index in [0.29, 0.717) is 0 Å². The van der Waals surface area contributed by atoms with Crippen molar-refractivity contribution in [3.63, 3.8) is 0 Å². The number of hydrogen-bond donors (Lipinski definition) is 0. The molecule has 3 nitrogen and oxygen atoms in total. The number of hydrogen-bond acceptors (Lipinski definition) is 5. The SMILES string of the molecule is c1ccc(N(c2ccccc2)c2cc3c4c(c2)Sc2cc(N5CCCCC5)ccc2B4c2ccc(N4CCCCC4)cc2S3)cc1. The maximum absolute atomic E-state index is 2.60. The van der Waals surface area contributed by atoms with Crippen LogP contribution in [0, 0.1) is 0 Å². The van der Waals surface area contributed by atoms with E-state index >= 15 is 0 Å². The zero-order chi connectivity index (χ0) is 30.5. The second kappa shape index (κ2) is 12.1. The zero-order valence-corrected chi connectivity index (χ0v) is 27.8. The molecule has 9 rings (SSSR count). The van der Waals surface area contributed by atoms with Crippen LogP contribution < -0.4 is 31.1 Å². The first-order chi connectivity index (χ1) is 22.8. The third-order valence-corrected chi connectivity index (χ3v) is 12.4. The second-order valence-electron chi connectivity index (χ2n) is 13.0. The Kier molecular flexibility index (Phi) is 7.51. The lowest BCUT2D eigenvalue weighted by atomic mass is 9.36. The number of fused-ring (bicyclic) bond motifs is 4. The van der Waals surface area contributed by atoms with Crippen molar-refractivity contribution in [3.8, 4) is 0 Å². The van der Waals surface area contributed by atoms with Gasteiger partial charge in [0.15, 0.2) is 0 Å². The quantitative estimate of drug-likeness (QED) is 0.175. The van der Waals surface area contributed by atoms with E-state index in [1.807, 2.05) is 23.5 Å². The van der Waals surface area contributed by atoms with Crippen molar-refractivity contribution in [1.29, 1.82) is 0 Å². The van der Waals surface area contributed by atoms with E-state index in [1.54, 1.807) is 0 Å². The highest BCUT2D eigenvalue weighted by Gasteiger charge is 2.39. The Labute approximate surface area is 282 Å². The maximum Gasteiger partial charge on any atom is 0.247 e. The van der Waals surface area contributed by atoms with Gasteiger partial charge in [-0.3, -0.25) is 0 Å². The van der Waals surface area contributed by atoms with Gasteiger partial charge in [0.05, 0.1) is 0 Å². The lowest BCUT2D eigenvalue weighted by Gasteiger charge is -2.37. The van der Waals surface area contributed by atoms with Gasteiger partial charge in [-0.15, -0.1) is 0 Å². The van der Waals surface area contributed by atoms with Crippen LogP contribution in [0.4, 0.5) is 28.4 Å². The molecule has 0 aliphatic carbocycles. The predicted octanol–water partition coefficient (Wildman–Crippen LogP) is 8.58. The average molecular weight is 636 g/mol. The Morgan fingerprint density at radius 2 is 0.913 bits per heavy atom. The fraction of sp³-hybridized carbons (Fsp3) is 0.250. The number of benzene rings is 5. The highest BCUT2D eigenvalue weighted by molar-refractivity contribution is 8.01. The van der Waals surface area contributed by atoms with Gasteiger partial charge in [0.25, 0.3) is 0 Å². The number of para-hydroxylation sites is 2. The standard InChI is InChI=1S/C40H38BN3S2/c1-5-13-29(14-6-1)44(30-15-7-2-8-16-30)33-27-38-40-39(28-33)46-37-26-32(43-23-11-4-12-24-43)18-20-35(37)41(40)34-19-17-31(25-36(34)45-38)42-21-9-3-10-22-42/h1-2,5-8,13-20,25-28H,3-4,9-12,21-24H2. The van der Waals surface area contributed by atoms with E-state index in [-0.39, 0.29) is 6.71 Å². The van der Waals surface area contributed by atoms with Gasteiger partial charge in [0, 0.05) is 74.2 Å². The Bertz CT molecular complexity index is 1750. The molecule has 0 radical (unpaired) electrons. The summed E-state index contributed by atoms with van der Waals surface area (Å²) in [6, 6.07) is 41.3. The number of nitrogens with zero attached hydrogens (tertiary/aromatic N) is 3. The Morgan fingerprint density at radius 1 is 0.457 bits per heavy atom. The number of rotatable bonds is 5. The minimum absolute atomic E-state index is 0.249. The molecule has 4 heterocycles. The lowest BCUT2D eigenvalue weighted by molar-refractivity contribution is 0.577. The van der Waals surface area contributed by atoms with Crippen LogP contribution in [0.2, 0.25) is 0 Å². The van der Waals surface area contributed by atoms with E-state index in [9.17, 15) is 0 Å². The molecule has 0 bridgehead atoms. The minimum Gasteiger partial charge on any atom is -0.372 e. The van der Waals surface area contributed by atoms with Crippen LogP contribution in [0.15, 0.2) is 129 Å². The number of piperidine rings is 2. The largest absolute Gasteiger partial charge is 0.372 e. The molecule has 6 heteroatoms. The molecule has 5 aromatic carbocycles. The van der Waals surface area contributed by atoms with Gasteiger partial charge in [0.1, 0.15) is 0 Å². The number of anilines is 5. The van der Waals surface area contributed by atoms with Gasteiger partial charge in [-0.2, -0.15) is 0 Å². The predicted molar refractivity (Wildman–Crippen MR) is 199 cm³/mol. The van der Waals surface area contributed by atoms with Crippen LogP contribution in [0.1, 0.15) is 38.5 Å². The highest BCUT2D eigenvalue weighted by atomic mass is 32.2. The van der Waals surface area contributed by atoms with Crippen LogP contribution in [-0.4, -0.2) is 32.9 Å². The Hall–Kier alpha value is -3.74. The van der Waals surface area contributed by atoms with Crippen molar-refractivity contribution in [3.05, 3.63) is 109 Å². The van der Waals surface area contributed by atoms with Crippen molar-refractivity contribution in [1.82, 2.24) is 0 Å². The second-order valence-corrected chi connectivity index (χ2v) is 15.2. The van der Waals surface area contributed by atoms with E-state index < -0.39 is 0 Å². The van der Waals surface area contributed by atoms with Crippen LogP contribution in [0.3, 0.4) is 0 Å². The first-order valence-electron chi connectivity index (χ1n) is 17.0. The molecule has 0 unspecified atom stereocenters. The topological polar surface area (TPSA) is 9.72 Å². The molecule has 228 valence electrons. The summed E-state index contributed by atoms with van der Waals surface area (Å²) in [5.41, 5.74) is 10.7. The van der Waals surface area contributed by atoms with Gasteiger partial charge >= 0.3 is 0 Å². The summed E-state index contributed by atoms with van der Waals surface area (Å²) in [4.78, 5) is 13.2. The third kappa shape index (κ3) is 5.11. The van der Waals surface area contributed by atoms with Crippen molar-refractivity contribution in [2.24, 2.45) is 0 Å².